The normalized spacial score (nSPS) is 13.4. The van der Waals surface area contributed by atoms with Gasteiger partial charge in [-0.05, 0) is 156 Å². The van der Waals surface area contributed by atoms with Crippen molar-refractivity contribution < 1.29 is 0 Å². The summed E-state index contributed by atoms with van der Waals surface area (Å²) in [6, 6.07) is 84.3. The summed E-state index contributed by atoms with van der Waals surface area (Å²) in [4.78, 5) is 7.26. The summed E-state index contributed by atoms with van der Waals surface area (Å²) in [5.41, 5.74) is 17.7. The van der Waals surface area contributed by atoms with Gasteiger partial charge in [0, 0.05) is 56.5 Å². The van der Waals surface area contributed by atoms with Gasteiger partial charge >= 0.3 is 0 Å². The first kappa shape index (κ1) is 48.1. The van der Waals surface area contributed by atoms with Gasteiger partial charge in [-0.25, -0.2) is 0 Å². The molecule has 0 N–H and O–H groups in total. The van der Waals surface area contributed by atoms with Crippen LogP contribution in [0.25, 0.3) is 32.7 Å². The average molecular weight is 968 g/mol. The first-order valence-electron chi connectivity index (χ1n) is 26.1. The van der Waals surface area contributed by atoms with Crippen LogP contribution in [0.5, 0.6) is 0 Å². The summed E-state index contributed by atoms with van der Waals surface area (Å²) < 4.78 is 0. The smallest absolute Gasteiger partial charge is 0.0560 e. The van der Waals surface area contributed by atoms with Gasteiger partial charge in [0.15, 0.2) is 0 Å². The molecule has 0 amide bonds. The highest BCUT2D eigenvalue weighted by Gasteiger charge is 2.27. The van der Waals surface area contributed by atoms with Crippen molar-refractivity contribution in [2.45, 2.75) is 39.2 Å². The molecule has 1 unspecified atom stereocenters. The van der Waals surface area contributed by atoms with Gasteiger partial charge in [0.05, 0.1) is 11.7 Å². The lowest BCUT2D eigenvalue weighted by Gasteiger charge is -2.35. The molecular formula is C72H61N3. The third kappa shape index (κ3) is 9.65. The predicted octanol–water partition coefficient (Wildman–Crippen LogP) is 19.7. The lowest BCUT2D eigenvalue weighted by atomic mass is 9.85. The van der Waals surface area contributed by atoms with Gasteiger partial charge in [-0.3, -0.25) is 0 Å². The van der Waals surface area contributed by atoms with Crippen molar-refractivity contribution >= 4 is 61.4 Å². The first-order chi connectivity index (χ1) is 37.0. The van der Waals surface area contributed by atoms with Gasteiger partial charge in [-0.15, -0.1) is 0 Å². The van der Waals surface area contributed by atoms with E-state index in [1.165, 1.54) is 71.9 Å². The molecule has 0 saturated heterocycles. The van der Waals surface area contributed by atoms with Crippen LogP contribution in [0, 0.1) is 13.8 Å². The molecule has 11 rings (SSSR count). The molecule has 3 nitrogen and oxygen atoms in total. The minimum Gasteiger partial charge on any atom is -0.334 e. The maximum atomic E-state index is 3.94. The molecule has 1 atom stereocenters. The molecule has 0 bridgehead atoms. The van der Waals surface area contributed by atoms with Gasteiger partial charge in [0.1, 0.15) is 0 Å². The van der Waals surface area contributed by atoms with E-state index in [-0.39, 0.29) is 12.0 Å². The number of hydrogen-bond acceptors (Lipinski definition) is 3. The molecule has 364 valence electrons. The van der Waals surface area contributed by atoms with Crippen molar-refractivity contribution in [3.8, 4) is 11.1 Å². The molecule has 0 aliphatic heterocycles. The van der Waals surface area contributed by atoms with Crippen molar-refractivity contribution in [2.24, 2.45) is 0 Å². The fourth-order valence-corrected chi connectivity index (χ4v) is 11.2. The molecule has 10 aromatic carbocycles. The molecule has 0 aromatic heterocycles. The Balaban J connectivity index is 1.03. The number of benzene rings is 10. The SMILES string of the molecule is C=C/C=C\C(=C/C)N(c1ccccc1)c1ccc(N(c2ccccc2)c2cc(C)c(-c3c(C)cc(N(c4ccc(C(c5ccccc5)c5ccccc5)cc4)C4C=CC=CC4)c4ccccc34)c3ccccc23)cc1. The highest BCUT2D eigenvalue weighted by molar-refractivity contribution is 6.14. The summed E-state index contributed by atoms with van der Waals surface area (Å²) in [5, 5.41) is 4.86. The summed E-state index contributed by atoms with van der Waals surface area (Å²) in [6.45, 7) is 10.6. The van der Waals surface area contributed by atoms with Crippen molar-refractivity contribution in [2.75, 3.05) is 14.7 Å². The van der Waals surface area contributed by atoms with E-state index in [0.29, 0.717) is 0 Å². The van der Waals surface area contributed by atoms with Gasteiger partial charge in [-0.2, -0.15) is 0 Å². The molecular weight excluding hydrogens is 907 g/mol. The standard InChI is InChI=1S/C72H61N3/c1-5-7-31-57(6-2)73(58-32-17-10-18-33-58)61-46-48-63(49-47-61)75(60-36-21-12-22-37-60)69-51-53(4)71(67-41-26-24-39-65(67)69)70-52(3)50-68(64-38-23-25-40-66(64)70)74(59-34-19-11-20-35-59)62-44-42-56(43-45-62)72(54-27-13-8-14-28-54)55-29-15-9-16-30-55/h5-34,36-51,59,72H,1,35H2,2-4H3/b31-7-,57-6+. The molecule has 0 fully saturated rings. The Morgan fingerprint density at radius 3 is 1.45 bits per heavy atom. The molecule has 75 heavy (non-hydrogen) atoms. The van der Waals surface area contributed by atoms with Crippen LogP contribution in [-0.4, -0.2) is 6.04 Å². The van der Waals surface area contributed by atoms with E-state index in [2.05, 4.69) is 309 Å². The largest absolute Gasteiger partial charge is 0.334 e. The first-order valence-corrected chi connectivity index (χ1v) is 26.1. The summed E-state index contributed by atoms with van der Waals surface area (Å²) in [6.07, 6.45) is 18.0. The average Bonchev–Trinajstić information content (AvgIpc) is 3.47. The van der Waals surface area contributed by atoms with Crippen LogP contribution >= 0.6 is 0 Å². The number of fused-ring (bicyclic) bond motifs is 2. The van der Waals surface area contributed by atoms with Crippen molar-refractivity contribution in [1.29, 1.82) is 0 Å². The Morgan fingerprint density at radius 2 is 0.920 bits per heavy atom. The Kier molecular flexibility index (Phi) is 14.0. The van der Waals surface area contributed by atoms with Crippen LogP contribution < -0.4 is 14.7 Å². The Labute approximate surface area is 443 Å². The zero-order valence-corrected chi connectivity index (χ0v) is 43.0. The van der Waals surface area contributed by atoms with Gasteiger partial charge in [0.25, 0.3) is 0 Å². The molecule has 0 saturated carbocycles. The highest BCUT2D eigenvalue weighted by atomic mass is 15.2. The van der Waals surface area contributed by atoms with Crippen molar-refractivity contribution in [3.05, 3.63) is 319 Å². The van der Waals surface area contributed by atoms with Crippen molar-refractivity contribution in [1.82, 2.24) is 0 Å². The van der Waals surface area contributed by atoms with E-state index in [9.17, 15) is 0 Å². The van der Waals surface area contributed by atoms with Crippen LogP contribution in [0.1, 0.15) is 47.1 Å². The lowest BCUT2D eigenvalue weighted by molar-refractivity contribution is 0.786. The molecule has 0 radical (unpaired) electrons. The summed E-state index contributed by atoms with van der Waals surface area (Å²) in [7, 11) is 0. The molecule has 1 aliphatic rings. The summed E-state index contributed by atoms with van der Waals surface area (Å²) in [5.74, 6) is 0.123. The number of rotatable bonds is 15. The third-order valence-electron chi connectivity index (χ3n) is 14.6. The fraction of sp³-hybridized carbons (Fsp3) is 0.0833. The van der Waals surface area contributed by atoms with Crippen LogP contribution in [0.4, 0.5) is 39.8 Å². The number of aryl methyl sites for hydroxylation is 2. The Morgan fingerprint density at radius 1 is 0.480 bits per heavy atom. The number of anilines is 7. The van der Waals surface area contributed by atoms with Gasteiger partial charge in [0.2, 0.25) is 0 Å². The van der Waals surface area contributed by atoms with E-state index in [0.717, 1.165) is 40.6 Å². The Hall–Kier alpha value is -9.18. The number of hydrogen-bond donors (Lipinski definition) is 0. The molecule has 3 heteroatoms. The maximum Gasteiger partial charge on any atom is 0.0560 e. The number of nitrogens with zero attached hydrogens (tertiary/aromatic N) is 3. The van der Waals surface area contributed by atoms with E-state index in [1.807, 2.05) is 12.2 Å². The zero-order chi connectivity index (χ0) is 51.1. The second-order valence-electron chi connectivity index (χ2n) is 19.3. The zero-order valence-electron chi connectivity index (χ0n) is 43.0. The van der Waals surface area contributed by atoms with E-state index in [1.54, 1.807) is 0 Å². The summed E-state index contributed by atoms with van der Waals surface area (Å²) >= 11 is 0. The number of allylic oxidation sites excluding steroid dienone is 6. The highest BCUT2D eigenvalue weighted by Crippen LogP contribution is 2.49. The molecule has 10 aromatic rings. The molecule has 1 aliphatic carbocycles. The van der Waals surface area contributed by atoms with E-state index in [4.69, 9.17) is 0 Å². The fourth-order valence-electron chi connectivity index (χ4n) is 11.2. The molecule has 0 spiro atoms. The van der Waals surface area contributed by atoms with Crippen molar-refractivity contribution in [3.63, 3.8) is 0 Å². The monoisotopic (exact) mass is 967 g/mol. The van der Waals surface area contributed by atoms with Gasteiger partial charge < -0.3 is 14.7 Å². The van der Waals surface area contributed by atoms with E-state index >= 15 is 0 Å². The van der Waals surface area contributed by atoms with Crippen LogP contribution in [-0.2, 0) is 0 Å². The maximum absolute atomic E-state index is 3.94. The second kappa shape index (κ2) is 21.9. The van der Waals surface area contributed by atoms with Crippen LogP contribution in [0.15, 0.2) is 291 Å². The minimum atomic E-state index is 0.123. The minimum absolute atomic E-state index is 0.123. The predicted molar refractivity (Wildman–Crippen MR) is 322 cm³/mol. The van der Waals surface area contributed by atoms with Crippen LogP contribution in [0.3, 0.4) is 0 Å². The van der Waals surface area contributed by atoms with Crippen LogP contribution in [0.2, 0.25) is 0 Å². The third-order valence-corrected chi connectivity index (χ3v) is 14.6. The lowest BCUT2D eigenvalue weighted by Crippen LogP contribution is -2.30. The second-order valence-corrected chi connectivity index (χ2v) is 19.3. The van der Waals surface area contributed by atoms with E-state index < -0.39 is 0 Å². The number of para-hydroxylation sites is 2. The Bertz CT molecular complexity index is 3680. The topological polar surface area (TPSA) is 9.72 Å². The quantitative estimate of drug-likeness (QED) is 0.0749. The van der Waals surface area contributed by atoms with Gasteiger partial charge in [-0.1, -0.05) is 207 Å². The molecule has 0 heterocycles.